The number of aliphatic hydroxyl groups is 1. The first kappa shape index (κ1) is 18.9. The minimum Gasteiger partial charge on any atom is -0.395 e. The van der Waals surface area contributed by atoms with Crippen LogP contribution in [0.25, 0.3) is 0 Å². The lowest BCUT2D eigenvalue weighted by atomic mass is 10.0. The fraction of sp³-hybridized carbons (Fsp3) is 0.105. The maximum Gasteiger partial charge on any atom is 0.277 e. The Balaban J connectivity index is 1.92. The molecule has 27 heavy (non-hydrogen) atoms. The molecular formula is C19H14BrFN2O4. The zero-order chi connectivity index (χ0) is 19.6. The third-order valence-electron chi connectivity index (χ3n) is 3.93. The van der Waals surface area contributed by atoms with Gasteiger partial charge in [0.25, 0.3) is 11.8 Å². The van der Waals surface area contributed by atoms with Gasteiger partial charge >= 0.3 is 0 Å². The van der Waals surface area contributed by atoms with Crippen molar-refractivity contribution >= 4 is 39.2 Å². The van der Waals surface area contributed by atoms with E-state index in [0.29, 0.717) is 10.2 Å². The van der Waals surface area contributed by atoms with Crippen molar-refractivity contribution in [2.75, 3.05) is 18.5 Å². The van der Waals surface area contributed by atoms with E-state index in [0.717, 1.165) is 11.0 Å². The van der Waals surface area contributed by atoms with Gasteiger partial charge < -0.3 is 10.4 Å². The maximum absolute atomic E-state index is 13.1. The second kappa shape index (κ2) is 7.81. The van der Waals surface area contributed by atoms with Crippen molar-refractivity contribution in [3.63, 3.8) is 0 Å². The Hall–Kier alpha value is -2.84. The molecule has 0 unspecified atom stereocenters. The fourth-order valence-electron chi connectivity index (χ4n) is 2.63. The van der Waals surface area contributed by atoms with Gasteiger partial charge in [-0.05, 0) is 42.5 Å². The van der Waals surface area contributed by atoms with Crippen molar-refractivity contribution in [1.82, 2.24) is 4.90 Å². The molecule has 0 bridgehead atoms. The van der Waals surface area contributed by atoms with Crippen molar-refractivity contribution in [3.05, 3.63) is 75.7 Å². The first-order valence-electron chi connectivity index (χ1n) is 7.96. The first-order chi connectivity index (χ1) is 12.9. The van der Waals surface area contributed by atoms with Crippen LogP contribution < -0.4 is 5.32 Å². The average molecular weight is 433 g/mol. The zero-order valence-corrected chi connectivity index (χ0v) is 15.5. The normalized spacial score (nSPS) is 13.7. The van der Waals surface area contributed by atoms with Crippen LogP contribution in [0.2, 0.25) is 0 Å². The summed E-state index contributed by atoms with van der Waals surface area (Å²) in [5, 5.41) is 11.8. The van der Waals surface area contributed by atoms with Gasteiger partial charge in [0.2, 0.25) is 0 Å². The molecule has 0 saturated heterocycles. The highest BCUT2D eigenvalue weighted by Gasteiger charge is 2.31. The number of halogens is 2. The van der Waals surface area contributed by atoms with Crippen LogP contribution in [-0.4, -0.2) is 40.8 Å². The SMILES string of the molecule is O=C(c1ccc(F)cc1)c1cc(Br)ccc1NC1=CC(=O)N(CCO)C1=O. The summed E-state index contributed by atoms with van der Waals surface area (Å²) in [5.41, 5.74) is 0.856. The number of hydrogen-bond donors (Lipinski definition) is 2. The molecule has 2 aromatic carbocycles. The summed E-state index contributed by atoms with van der Waals surface area (Å²) in [5.74, 6) is -1.95. The van der Waals surface area contributed by atoms with Crippen molar-refractivity contribution in [1.29, 1.82) is 0 Å². The number of imide groups is 1. The largest absolute Gasteiger partial charge is 0.395 e. The Bertz CT molecular complexity index is 957. The third kappa shape index (κ3) is 3.96. The number of rotatable bonds is 6. The molecule has 2 aromatic rings. The van der Waals surface area contributed by atoms with Gasteiger partial charge in [0, 0.05) is 27.4 Å². The van der Waals surface area contributed by atoms with Crippen LogP contribution in [0.3, 0.4) is 0 Å². The van der Waals surface area contributed by atoms with Gasteiger partial charge in [0.15, 0.2) is 5.78 Å². The molecule has 0 spiro atoms. The van der Waals surface area contributed by atoms with E-state index in [1.807, 2.05) is 0 Å². The average Bonchev–Trinajstić information content (AvgIpc) is 2.91. The van der Waals surface area contributed by atoms with Crippen molar-refractivity contribution < 1.29 is 23.9 Å². The molecule has 6 nitrogen and oxygen atoms in total. The summed E-state index contributed by atoms with van der Waals surface area (Å²) in [6.07, 6.45) is 1.12. The summed E-state index contributed by atoms with van der Waals surface area (Å²) in [7, 11) is 0. The van der Waals surface area contributed by atoms with Gasteiger partial charge in [-0.15, -0.1) is 0 Å². The maximum atomic E-state index is 13.1. The Morgan fingerprint density at radius 3 is 2.52 bits per heavy atom. The number of nitrogens with one attached hydrogen (secondary N) is 1. The lowest BCUT2D eigenvalue weighted by molar-refractivity contribution is -0.137. The monoisotopic (exact) mass is 432 g/mol. The second-order valence-electron chi connectivity index (χ2n) is 5.73. The quantitative estimate of drug-likeness (QED) is 0.540. The molecule has 138 valence electrons. The molecule has 0 saturated carbocycles. The summed E-state index contributed by atoms with van der Waals surface area (Å²) in [6, 6.07) is 9.95. The highest BCUT2D eigenvalue weighted by atomic mass is 79.9. The van der Waals surface area contributed by atoms with Gasteiger partial charge in [0.1, 0.15) is 11.5 Å². The third-order valence-corrected chi connectivity index (χ3v) is 4.43. The topological polar surface area (TPSA) is 86.7 Å². The standard InChI is InChI=1S/C19H14BrFN2O4/c20-12-3-6-15(22-16-10-17(25)23(7-8-24)19(16)27)14(9-12)18(26)11-1-4-13(21)5-2-11/h1-6,9-10,22,24H,7-8H2. The van der Waals surface area contributed by atoms with E-state index in [9.17, 15) is 18.8 Å². The molecule has 0 aliphatic carbocycles. The molecule has 1 aliphatic rings. The predicted octanol–water partition coefficient (Wildman–Crippen LogP) is 2.48. The molecule has 2 amide bonds. The highest BCUT2D eigenvalue weighted by Crippen LogP contribution is 2.26. The Labute approximate surface area is 162 Å². The van der Waals surface area contributed by atoms with E-state index in [1.54, 1.807) is 18.2 Å². The van der Waals surface area contributed by atoms with Crippen molar-refractivity contribution in [3.8, 4) is 0 Å². The van der Waals surface area contributed by atoms with Gasteiger partial charge in [-0.1, -0.05) is 15.9 Å². The van der Waals surface area contributed by atoms with E-state index in [1.165, 1.54) is 24.3 Å². The number of carbonyl (C=O) groups is 3. The summed E-state index contributed by atoms with van der Waals surface area (Å²) < 4.78 is 13.8. The molecule has 3 rings (SSSR count). The summed E-state index contributed by atoms with van der Waals surface area (Å²) in [4.78, 5) is 37.9. The molecular weight excluding hydrogens is 419 g/mol. The van der Waals surface area contributed by atoms with Crippen LogP contribution in [0, 0.1) is 5.82 Å². The highest BCUT2D eigenvalue weighted by molar-refractivity contribution is 9.10. The molecule has 1 aliphatic heterocycles. The van der Waals surface area contributed by atoms with Gasteiger partial charge in [-0.3, -0.25) is 19.3 Å². The number of hydrogen-bond acceptors (Lipinski definition) is 5. The minimum atomic E-state index is -0.586. The van der Waals surface area contributed by atoms with Gasteiger partial charge in [-0.2, -0.15) is 0 Å². The van der Waals surface area contributed by atoms with Crippen LogP contribution in [0.1, 0.15) is 15.9 Å². The number of aliphatic hydroxyl groups excluding tert-OH is 1. The fourth-order valence-corrected chi connectivity index (χ4v) is 2.99. The van der Waals surface area contributed by atoms with Crippen LogP contribution in [-0.2, 0) is 9.59 Å². The van der Waals surface area contributed by atoms with E-state index >= 15 is 0 Å². The lowest BCUT2D eigenvalue weighted by Crippen LogP contribution is -2.34. The Morgan fingerprint density at radius 1 is 1.15 bits per heavy atom. The van der Waals surface area contributed by atoms with Crippen LogP contribution in [0.5, 0.6) is 0 Å². The predicted molar refractivity (Wildman–Crippen MR) is 99.5 cm³/mol. The number of carbonyl (C=O) groups excluding carboxylic acids is 3. The van der Waals surface area contributed by atoms with Crippen LogP contribution >= 0.6 is 15.9 Å². The molecule has 2 N–H and O–H groups in total. The molecule has 0 aromatic heterocycles. The Kier molecular flexibility index (Phi) is 5.48. The van der Waals surface area contributed by atoms with E-state index in [2.05, 4.69) is 21.2 Å². The number of β-amino-alcohol motifs (C(OH)–C–C–N with tert-alkyl or cyclic N) is 1. The van der Waals surface area contributed by atoms with Crippen LogP contribution in [0.15, 0.2) is 58.7 Å². The zero-order valence-electron chi connectivity index (χ0n) is 13.9. The molecule has 0 fully saturated rings. The molecule has 0 atom stereocenters. The molecule has 8 heteroatoms. The second-order valence-corrected chi connectivity index (χ2v) is 6.64. The molecule has 1 heterocycles. The van der Waals surface area contributed by atoms with E-state index < -0.39 is 17.6 Å². The molecule has 0 radical (unpaired) electrons. The van der Waals surface area contributed by atoms with E-state index in [4.69, 9.17) is 5.11 Å². The van der Waals surface area contributed by atoms with E-state index in [-0.39, 0.29) is 35.8 Å². The first-order valence-corrected chi connectivity index (χ1v) is 8.75. The number of amides is 2. The number of nitrogens with zero attached hydrogens (tertiary/aromatic N) is 1. The number of benzene rings is 2. The lowest BCUT2D eigenvalue weighted by Gasteiger charge is -2.15. The van der Waals surface area contributed by atoms with Crippen molar-refractivity contribution in [2.24, 2.45) is 0 Å². The number of anilines is 1. The van der Waals surface area contributed by atoms with Crippen LogP contribution in [0.4, 0.5) is 10.1 Å². The van der Waals surface area contributed by atoms with Gasteiger partial charge in [0.05, 0.1) is 13.2 Å². The Morgan fingerprint density at radius 2 is 1.85 bits per heavy atom. The minimum absolute atomic E-state index is 0.00364. The van der Waals surface area contributed by atoms with Crippen molar-refractivity contribution in [2.45, 2.75) is 0 Å². The van der Waals surface area contributed by atoms with Gasteiger partial charge in [-0.25, -0.2) is 4.39 Å². The summed E-state index contributed by atoms with van der Waals surface area (Å²) >= 11 is 3.30. The number of ketones is 1. The summed E-state index contributed by atoms with van der Waals surface area (Å²) in [6.45, 7) is -0.452. The smallest absolute Gasteiger partial charge is 0.277 e.